The van der Waals surface area contributed by atoms with Gasteiger partial charge in [-0.1, -0.05) is 48.6 Å². The van der Waals surface area contributed by atoms with E-state index in [9.17, 15) is 10.1 Å². The molecule has 0 amide bonds. The van der Waals surface area contributed by atoms with Crippen molar-refractivity contribution in [2.45, 2.75) is 32.2 Å². The van der Waals surface area contributed by atoms with E-state index in [-0.39, 0.29) is 10.6 Å². The van der Waals surface area contributed by atoms with Gasteiger partial charge in [-0.15, -0.1) is 0 Å². The quantitative estimate of drug-likeness (QED) is 0.361. The van der Waals surface area contributed by atoms with Gasteiger partial charge in [0.25, 0.3) is 5.69 Å². The summed E-state index contributed by atoms with van der Waals surface area (Å²) in [4.78, 5) is 19.7. The van der Waals surface area contributed by atoms with E-state index >= 15 is 0 Å². The highest BCUT2D eigenvalue weighted by Crippen LogP contribution is 2.29. The molecule has 1 aliphatic rings. The SMILES string of the molecule is CCCC1CS/C(=N\c2ccc(CCNc3nc4ccc([N+](=O)[O-])cc4s3)cc2)N1. The van der Waals surface area contributed by atoms with Gasteiger partial charge in [-0.25, -0.2) is 9.98 Å². The Morgan fingerprint density at radius 2 is 2.13 bits per heavy atom. The fourth-order valence-corrected chi connectivity index (χ4v) is 5.23. The number of benzene rings is 2. The summed E-state index contributed by atoms with van der Waals surface area (Å²) in [7, 11) is 0. The Morgan fingerprint density at radius 3 is 2.90 bits per heavy atom. The maximum atomic E-state index is 10.9. The van der Waals surface area contributed by atoms with Gasteiger partial charge in [-0.2, -0.15) is 0 Å². The number of aromatic nitrogens is 1. The van der Waals surface area contributed by atoms with Crippen molar-refractivity contribution in [3.8, 4) is 0 Å². The first-order valence-electron chi connectivity index (χ1n) is 9.96. The van der Waals surface area contributed by atoms with Crippen molar-refractivity contribution in [2.24, 2.45) is 4.99 Å². The highest BCUT2D eigenvalue weighted by atomic mass is 32.2. The Hall–Kier alpha value is -2.65. The molecule has 1 saturated heterocycles. The van der Waals surface area contributed by atoms with E-state index in [4.69, 9.17) is 4.99 Å². The molecule has 1 atom stereocenters. The van der Waals surface area contributed by atoms with Crippen LogP contribution in [0.25, 0.3) is 10.2 Å². The summed E-state index contributed by atoms with van der Waals surface area (Å²) in [5, 5.41) is 19.5. The largest absolute Gasteiger partial charge is 0.361 e. The Labute approximate surface area is 183 Å². The van der Waals surface area contributed by atoms with Crippen LogP contribution in [0.5, 0.6) is 0 Å². The first-order valence-corrected chi connectivity index (χ1v) is 11.8. The number of rotatable bonds is 8. The molecule has 4 rings (SSSR count). The number of nitrogens with one attached hydrogen (secondary N) is 2. The minimum absolute atomic E-state index is 0.0912. The van der Waals surface area contributed by atoms with Gasteiger partial charge in [0.1, 0.15) is 0 Å². The lowest BCUT2D eigenvalue weighted by molar-refractivity contribution is -0.384. The number of anilines is 1. The number of fused-ring (bicyclic) bond motifs is 1. The zero-order valence-corrected chi connectivity index (χ0v) is 18.3. The molecule has 0 spiro atoms. The second-order valence-corrected chi connectivity index (χ2v) is 9.17. The van der Waals surface area contributed by atoms with E-state index in [0.717, 1.165) is 44.9 Å². The number of nitro benzene ring substituents is 1. The van der Waals surface area contributed by atoms with Crippen molar-refractivity contribution >= 4 is 55.0 Å². The topological polar surface area (TPSA) is 92.5 Å². The van der Waals surface area contributed by atoms with E-state index in [1.807, 2.05) is 0 Å². The van der Waals surface area contributed by atoms with Crippen LogP contribution in [-0.4, -0.2) is 33.4 Å². The van der Waals surface area contributed by atoms with E-state index in [1.54, 1.807) is 23.9 Å². The monoisotopic (exact) mass is 441 g/mol. The fraction of sp³-hybridized carbons (Fsp3) is 0.333. The van der Waals surface area contributed by atoms with E-state index in [1.165, 1.54) is 35.8 Å². The number of hydrogen-bond acceptors (Lipinski definition) is 7. The van der Waals surface area contributed by atoms with Gasteiger partial charge in [-0.05, 0) is 36.6 Å². The predicted molar refractivity (Wildman–Crippen MR) is 126 cm³/mol. The van der Waals surface area contributed by atoms with E-state index in [2.05, 4.69) is 46.8 Å². The van der Waals surface area contributed by atoms with Gasteiger partial charge in [0, 0.05) is 30.5 Å². The van der Waals surface area contributed by atoms with E-state index < -0.39 is 0 Å². The van der Waals surface area contributed by atoms with E-state index in [0.29, 0.717) is 6.04 Å². The third kappa shape index (κ3) is 5.09. The lowest BCUT2D eigenvalue weighted by Crippen LogP contribution is -2.26. The van der Waals surface area contributed by atoms with Crippen LogP contribution in [0.2, 0.25) is 0 Å². The predicted octanol–water partition coefficient (Wildman–Crippen LogP) is 5.35. The number of nitrogens with zero attached hydrogens (tertiary/aromatic N) is 3. The average molecular weight is 442 g/mol. The molecule has 7 nitrogen and oxygen atoms in total. The summed E-state index contributed by atoms with van der Waals surface area (Å²) in [6.07, 6.45) is 3.23. The molecule has 2 N–H and O–H groups in total. The number of thioether (sulfide) groups is 1. The summed E-state index contributed by atoms with van der Waals surface area (Å²) in [5.41, 5.74) is 3.05. The minimum atomic E-state index is -0.383. The average Bonchev–Trinajstić information content (AvgIpc) is 3.35. The van der Waals surface area contributed by atoms with Crippen LogP contribution in [0.3, 0.4) is 0 Å². The molecular formula is C21H23N5O2S2. The molecule has 2 aromatic carbocycles. The number of thiazole rings is 1. The molecular weight excluding hydrogens is 418 g/mol. The van der Waals surface area contributed by atoms with Crippen molar-refractivity contribution < 1.29 is 4.92 Å². The summed E-state index contributed by atoms with van der Waals surface area (Å²) in [6, 6.07) is 13.6. The van der Waals surface area contributed by atoms with Crippen LogP contribution in [0, 0.1) is 10.1 Å². The Morgan fingerprint density at radius 1 is 1.30 bits per heavy atom. The van der Waals surface area contributed by atoms with Gasteiger partial charge < -0.3 is 10.6 Å². The molecule has 0 radical (unpaired) electrons. The van der Waals surface area contributed by atoms with Crippen LogP contribution in [0.15, 0.2) is 47.5 Å². The summed E-state index contributed by atoms with van der Waals surface area (Å²) >= 11 is 3.22. The third-order valence-electron chi connectivity index (χ3n) is 4.83. The first-order chi connectivity index (χ1) is 14.6. The Balaban J connectivity index is 1.30. The van der Waals surface area contributed by atoms with Crippen LogP contribution < -0.4 is 10.6 Å². The standard InChI is InChI=1S/C21H23N5O2S2/c1-2-3-16-13-29-21(24-16)23-15-6-4-14(5-7-15)10-11-22-20-25-18-9-8-17(26(27)28)12-19(18)30-20/h4-9,12,16H,2-3,10-11,13H2,1H3,(H,22,25)(H,23,24). The highest BCUT2D eigenvalue weighted by molar-refractivity contribution is 8.14. The molecule has 9 heteroatoms. The first kappa shape index (κ1) is 20.6. The molecule has 0 saturated carbocycles. The second kappa shape index (κ2) is 9.44. The molecule has 1 aromatic heterocycles. The highest BCUT2D eigenvalue weighted by Gasteiger charge is 2.19. The maximum absolute atomic E-state index is 10.9. The number of amidine groups is 1. The lowest BCUT2D eigenvalue weighted by Gasteiger charge is -2.07. The van der Waals surface area contributed by atoms with Crippen molar-refractivity contribution in [3.63, 3.8) is 0 Å². The second-order valence-electron chi connectivity index (χ2n) is 7.13. The minimum Gasteiger partial charge on any atom is -0.361 e. The number of hydrogen-bond donors (Lipinski definition) is 2. The lowest BCUT2D eigenvalue weighted by atomic mass is 10.1. The van der Waals surface area contributed by atoms with Gasteiger partial charge in [0.05, 0.1) is 20.8 Å². The molecule has 0 bridgehead atoms. The fourth-order valence-electron chi connectivity index (χ4n) is 3.28. The molecule has 1 unspecified atom stereocenters. The summed E-state index contributed by atoms with van der Waals surface area (Å²) < 4.78 is 0.815. The van der Waals surface area contributed by atoms with Crippen molar-refractivity contribution in [1.82, 2.24) is 10.3 Å². The van der Waals surface area contributed by atoms with Crippen LogP contribution in [0.4, 0.5) is 16.5 Å². The van der Waals surface area contributed by atoms with Crippen LogP contribution >= 0.6 is 23.1 Å². The Kier molecular flexibility index (Phi) is 6.49. The van der Waals surface area contributed by atoms with Gasteiger partial charge in [0.15, 0.2) is 10.3 Å². The molecule has 3 aromatic rings. The zero-order chi connectivity index (χ0) is 20.9. The normalized spacial score (nSPS) is 17.4. The molecule has 156 valence electrons. The van der Waals surface area contributed by atoms with Crippen molar-refractivity contribution in [1.29, 1.82) is 0 Å². The molecule has 0 aliphatic carbocycles. The van der Waals surface area contributed by atoms with Crippen molar-refractivity contribution in [3.05, 3.63) is 58.1 Å². The number of non-ortho nitro benzene ring substituents is 1. The van der Waals surface area contributed by atoms with Crippen molar-refractivity contribution in [2.75, 3.05) is 17.6 Å². The van der Waals surface area contributed by atoms with Gasteiger partial charge >= 0.3 is 0 Å². The summed E-state index contributed by atoms with van der Waals surface area (Å²) in [5.74, 6) is 1.09. The number of nitro groups is 1. The van der Waals surface area contributed by atoms with Crippen LogP contribution in [0.1, 0.15) is 25.3 Å². The summed E-state index contributed by atoms with van der Waals surface area (Å²) in [6.45, 7) is 2.95. The molecule has 1 fully saturated rings. The molecule has 2 heterocycles. The Bertz CT molecular complexity index is 1060. The maximum Gasteiger partial charge on any atom is 0.270 e. The van der Waals surface area contributed by atoms with Gasteiger partial charge in [0.2, 0.25) is 0 Å². The van der Waals surface area contributed by atoms with Crippen LogP contribution in [-0.2, 0) is 6.42 Å². The van der Waals surface area contributed by atoms with Gasteiger partial charge in [-0.3, -0.25) is 10.1 Å². The third-order valence-corrected chi connectivity index (χ3v) is 6.85. The smallest absolute Gasteiger partial charge is 0.270 e. The molecule has 30 heavy (non-hydrogen) atoms. The molecule has 1 aliphatic heterocycles. The number of aliphatic imine (C=N–C) groups is 1. The zero-order valence-electron chi connectivity index (χ0n) is 16.6.